The molecule has 0 heterocycles. The molecule has 19 heavy (non-hydrogen) atoms. The van der Waals surface area contributed by atoms with Gasteiger partial charge >= 0.3 is 11.9 Å². The van der Waals surface area contributed by atoms with E-state index in [1.165, 1.54) is 31.2 Å². The third-order valence-corrected chi connectivity index (χ3v) is 4.14. The topological polar surface area (TPSA) is 97.7 Å². The number of aliphatic carboxylic acids is 1. The fourth-order valence-electron chi connectivity index (χ4n) is 1.58. The largest absolute Gasteiger partial charge is 0.480 e. The van der Waals surface area contributed by atoms with Crippen LogP contribution in [0.2, 0.25) is 0 Å². The average Bonchev–Trinajstić information content (AvgIpc) is 2.28. The third kappa shape index (κ3) is 4.06. The van der Waals surface area contributed by atoms with Crippen molar-refractivity contribution in [3.05, 3.63) is 35.9 Å². The summed E-state index contributed by atoms with van der Waals surface area (Å²) in [6.07, 6.45) is 0. The molecule has 0 spiro atoms. The summed E-state index contributed by atoms with van der Waals surface area (Å²) in [7, 11) is -4.17. The molecule has 6 nitrogen and oxygen atoms in total. The van der Waals surface area contributed by atoms with Crippen LogP contribution in [0.15, 0.2) is 30.3 Å². The second-order valence-electron chi connectivity index (χ2n) is 3.74. The third-order valence-electron chi connectivity index (χ3n) is 2.31. The fraction of sp³-hybridized carbons (Fsp3) is 0.333. The van der Waals surface area contributed by atoms with Crippen LogP contribution in [-0.2, 0) is 24.2 Å². The van der Waals surface area contributed by atoms with Gasteiger partial charge < -0.3 is 9.84 Å². The standard InChI is InChI=1S/C12H14O6S/c1-2-18-10(13)8-19(16,17)11(12(14)15)9-6-4-3-5-7-9/h3-7,11H,2,8H2,1H3,(H,14,15). The van der Waals surface area contributed by atoms with Crippen molar-refractivity contribution in [1.82, 2.24) is 0 Å². The number of carbonyl (C=O) groups excluding carboxylic acids is 1. The monoisotopic (exact) mass is 286 g/mol. The van der Waals surface area contributed by atoms with Gasteiger partial charge in [-0.15, -0.1) is 0 Å². The maximum absolute atomic E-state index is 12.0. The van der Waals surface area contributed by atoms with E-state index in [2.05, 4.69) is 4.74 Å². The molecule has 0 fully saturated rings. The number of rotatable bonds is 6. The first-order valence-electron chi connectivity index (χ1n) is 5.53. The molecule has 1 N–H and O–H groups in total. The van der Waals surface area contributed by atoms with Crippen molar-refractivity contribution in [2.24, 2.45) is 0 Å². The predicted octanol–water partition coefficient (Wildman–Crippen LogP) is 0.790. The van der Waals surface area contributed by atoms with E-state index in [1.807, 2.05) is 0 Å². The smallest absolute Gasteiger partial charge is 0.326 e. The molecule has 1 aromatic rings. The van der Waals surface area contributed by atoms with Gasteiger partial charge in [0.05, 0.1) is 6.61 Å². The molecule has 0 aliphatic heterocycles. The summed E-state index contributed by atoms with van der Waals surface area (Å²) in [4.78, 5) is 22.4. The summed E-state index contributed by atoms with van der Waals surface area (Å²) in [6, 6.07) is 7.49. The lowest BCUT2D eigenvalue weighted by Crippen LogP contribution is -2.28. The van der Waals surface area contributed by atoms with Crippen LogP contribution in [0.4, 0.5) is 0 Å². The molecular formula is C12H14O6S. The van der Waals surface area contributed by atoms with E-state index in [0.717, 1.165) is 0 Å². The number of hydrogen-bond donors (Lipinski definition) is 1. The van der Waals surface area contributed by atoms with E-state index in [0.29, 0.717) is 0 Å². The molecule has 0 bridgehead atoms. The highest BCUT2D eigenvalue weighted by atomic mass is 32.2. The zero-order chi connectivity index (χ0) is 14.5. The number of carboxylic acids is 1. The second-order valence-corrected chi connectivity index (χ2v) is 5.83. The number of sulfone groups is 1. The van der Waals surface area contributed by atoms with Crippen LogP contribution in [0.1, 0.15) is 17.7 Å². The quantitative estimate of drug-likeness (QED) is 0.776. The summed E-state index contributed by atoms with van der Waals surface area (Å²) in [5.41, 5.74) is 0.110. The second kappa shape index (κ2) is 6.33. The maximum atomic E-state index is 12.0. The van der Waals surface area contributed by atoms with Crippen LogP contribution >= 0.6 is 0 Å². The Morgan fingerprint density at radius 1 is 1.26 bits per heavy atom. The number of esters is 1. The van der Waals surface area contributed by atoms with Gasteiger partial charge in [-0.2, -0.15) is 0 Å². The van der Waals surface area contributed by atoms with Crippen molar-refractivity contribution < 1.29 is 27.9 Å². The minimum Gasteiger partial charge on any atom is -0.480 e. The predicted molar refractivity (Wildman–Crippen MR) is 67.2 cm³/mol. The molecule has 7 heteroatoms. The molecule has 0 saturated carbocycles. The Bertz CT molecular complexity index is 549. The van der Waals surface area contributed by atoms with Gasteiger partial charge in [0.25, 0.3) is 0 Å². The Labute approximate surface area is 110 Å². The number of carboxylic acid groups (broad SMARTS) is 1. The van der Waals surface area contributed by atoms with E-state index in [1.54, 1.807) is 6.07 Å². The lowest BCUT2D eigenvalue weighted by atomic mass is 10.1. The van der Waals surface area contributed by atoms with Gasteiger partial charge in [-0.1, -0.05) is 30.3 Å². The van der Waals surface area contributed by atoms with Crippen molar-refractivity contribution in [2.75, 3.05) is 12.4 Å². The summed E-state index contributed by atoms with van der Waals surface area (Å²) in [6.45, 7) is 1.58. The van der Waals surface area contributed by atoms with Crippen LogP contribution in [0, 0.1) is 0 Å². The van der Waals surface area contributed by atoms with Gasteiger partial charge in [-0.3, -0.25) is 9.59 Å². The Morgan fingerprint density at radius 3 is 2.32 bits per heavy atom. The number of ether oxygens (including phenoxy) is 1. The highest BCUT2D eigenvalue weighted by molar-refractivity contribution is 7.93. The number of hydrogen-bond acceptors (Lipinski definition) is 5. The summed E-state index contributed by atoms with van der Waals surface area (Å²) in [5.74, 6) is -3.42. The molecule has 1 atom stereocenters. The average molecular weight is 286 g/mol. The molecule has 1 aromatic carbocycles. The Morgan fingerprint density at radius 2 is 1.84 bits per heavy atom. The highest BCUT2D eigenvalue weighted by Crippen LogP contribution is 2.23. The molecule has 0 aliphatic rings. The molecule has 1 rings (SSSR count). The molecule has 0 aromatic heterocycles. The zero-order valence-electron chi connectivity index (χ0n) is 10.3. The molecule has 0 radical (unpaired) electrons. The van der Waals surface area contributed by atoms with Crippen molar-refractivity contribution in [1.29, 1.82) is 0 Å². The first-order chi connectivity index (χ1) is 8.88. The Kier molecular flexibility index (Phi) is 5.05. The van der Waals surface area contributed by atoms with Gasteiger partial charge in [-0.25, -0.2) is 8.42 Å². The summed E-state index contributed by atoms with van der Waals surface area (Å²) < 4.78 is 28.5. The highest BCUT2D eigenvalue weighted by Gasteiger charge is 2.36. The Balaban J connectivity index is 3.06. The van der Waals surface area contributed by atoms with Crippen molar-refractivity contribution >= 4 is 21.8 Å². The van der Waals surface area contributed by atoms with Crippen LogP contribution in [0.3, 0.4) is 0 Å². The molecule has 0 aliphatic carbocycles. The molecular weight excluding hydrogens is 272 g/mol. The molecule has 1 unspecified atom stereocenters. The molecule has 104 valence electrons. The normalized spacial score (nSPS) is 12.7. The summed E-state index contributed by atoms with van der Waals surface area (Å²) in [5, 5.41) is 7.31. The van der Waals surface area contributed by atoms with Gasteiger partial charge in [-0.05, 0) is 12.5 Å². The van der Waals surface area contributed by atoms with Crippen LogP contribution in [0.25, 0.3) is 0 Å². The first-order valence-corrected chi connectivity index (χ1v) is 7.25. The zero-order valence-corrected chi connectivity index (χ0v) is 11.1. The van der Waals surface area contributed by atoms with Crippen molar-refractivity contribution in [2.45, 2.75) is 12.2 Å². The van der Waals surface area contributed by atoms with Crippen LogP contribution < -0.4 is 0 Å². The van der Waals surface area contributed by atoms with Gasteiger partial charge in [0.1, 0.15) is 5.75 Å². The van der Waals surface area contributed by atoms with E-state index in [4.69, 9.17) is 5.11 Å². The van der Waals surface area contributed by atoms with Gasteiger partial charge in [0.15, 0.2) is 15.1 Å². The van der Waals surface area contributed by atoms with E-state index in [9.17, 15) is 18.0 Å². The minimum absolute atomic E-state index is 0.0391. The first kappa shape index (κ1) is 15.2. The van der Waals surface area contributed by atoms with Gasteiger partial charge in [0.2, 0.25) is 0 Å². The molecule has 0 saturated heterocycles. The van der Waals surface area contributed by atoms with Crippen molar-refractivity contribution in [3.63, 3.8) is 0 Å². The van der Waals surface area contributed by atoms with E-state index in [-0.39, 0.29) is 12.2 Å². The van der Waals surface area contributed by atoms with Gasteiger partial charge in [0, 0.05) is 0 Å². The van der Waals surface area contributed by atoms with E-state index >= 15 is 0 Å². The minimum atomic E-state index is -4.17. The lowest BCUT2D eigenvalue weighted by molar-refractivity contribution is -0.139. The number of benzene rings is 1. The SMILES string of the molecule is CCOC(=O)CS(=O)(=O)C(C(=O)O)c1ccccc1. The Hall–Kier alpha value is -1.89. The lowest BCUT2D eigenvalue weighted by Gasteiger charge is -2.13. The van der Waals surface area contributed by atoms with E-state index < -0.39 is 32.8 Å². The summed E-state index contributed by atoms with van der Waals surface area (Å²) >= 11 is 0. The van der Waals surface area contributed by atoms with Crippen molar-refractivity contribution in [3.8, 4) is 0 Å². The van der Waals surface area contributed by atoms with Crippen LogP contribution in [-0.4, -0.2) is 37.8 Å². The number of carbonyl (C=O) groups is 2. The van der Waals surface area contributed by atoms with Crippen LogP contribution in [0.5, 0.6) is 0 Å². The maximum Gasteiger partial charge on any atom is 0.326 e. The molecule has 0 amide bonds. The fourth-order valence-corrected chi connectivity index (χ4v) is 3.04.